The number of anilines is 2. The molecule has 0 spiro atoms. The van der Waals surface area contributed by atoms with Crippen LogP contribution in [0.5, 0.6) is 0 Å². The molecule has 1 heterocycles. The quantitative estimate of drug-likeness (QED) is 0.873. The van der Waals surface area contributed by atoms with Crippen LogP contribution in [0, 0.1) is 6.92 Å². The van der Waals surface area contributed by atoms with Gasteiger partial charge in [-0.15, -0.1) is 11.3 Å². The van der Waals surface area contributed by atoms with Crippen LogP contribution in [0.3, 0.4) is 0 Å². The number of nitrogens with one attached hydrogen (secondary N) is 1. The highest BCUT2D eigenvalue weighted by molar-refractivity contribution is 7.15. The van der Waals surface area contributed by atoms with E-state index in [2.05, 4.69) is 15.0 Å². The van der Waals surface area contributed by atoms with Crippen molar-refractivity contribution in [2.45, 2.75) is 6.92 Å². The number of hydrogen-bond acceptors (Lipinski definition) is 5. The molecule has 0 saturated heterocycles. The lowest BCUT2D eigenvalue weighted by Crippen LogP contribution is -2.03. The van der Waals surface area contributed by atoms with Crippen molar-refractivity contribution >= 4 is 39.7 Å². The Hall–Kier alpha value is -1.59. The Morgan fingerprint density at radius 2 is 2.28 bits per heavy atom. The van der Waals surface area contributed by atoms with Crippen molar-refractivity contribution in [3.63, 3.8) is 0 Å². The van der Waals surface area contributed by atoms with Crippen LogP contribution in [0.4, 0.5) is 10.8 Å². The maximum absolute atomic E-state index is 11.4. The molecular formula is C12H11ClN2O2S. The van der Waals surface area contributed by atoms with Gasteiger partial charge in [0.05, 0.1) is 7.11 Å². The van der Waals surface area contributed by atoms with Gasteiger partial charge in [-0.3, -0.25) is 0 Å². The predicted molar refractivity (Wildman–Crippen MR) is 72.9 cm³/mol. The molecule has 1 N–H and O–H groups in total. The average Bonchev–Trinajstić information content (AvgIpc) is 2.69. The number of rotatable bonds is 3. The van der Waals surface area contributed by atoms with Crippen molar-refractivity contribution in [3.8, 4) is 0 Å². The van der Waals surface area contributed by atoms with Gasteiger partial charge in [-0.1, -0.05) is 17.7 Å². The largest absolute Gasteiger partial charge is 0.464 e. The smallest absolute Gasteiger partial charge is 0.357 e. The number of hydrogen-bond donors (Lipinski definition) is 1. The number of benzene rings is 1. The van der Waals surface area contributed by atoms with Crippen LogP contribution in [0.25, 0.3) is 0 Å². The molecule has 0 aliphatic rings. The average molecular weight is 283 g/mol. The van der Waals surface area contributed by atoms with Gasteiger partial charge in [-0.25, -0.2) is 9.78 Å². The Kier molecular flexibility index (Phi) is 3.84. The lowest BCUT2D eigenvalue weighted by molar-refractivity contribution is 0.0594. The monoisotopic (exact) mass is 282 g/mol. The minimum atomic E-state index is -0.428. The lowest BCUT2D eigenvalue weighted by atomic mass is 10.3. The number of carbonyl (C=O) groups excluding carboxylic acids is 1. The van der Waals surface area contributed by atoms with Crippen LogP contribution in [-0.4, -0.2) is 18.1 Å². The molecule has 1 aromatic carbocycles. The maximum Gasteiger partial charge on any atom is 0.357 e. The molecule has 0 saturated carbocycles. The number of aryl methyl sites for hydroxylation is 1. The van der Waals surface area contributed by atoms with Crippen LogP contribution < -0.4 is 5.32 Å². The standard InChI is InChI=1S/C12H11ClN2O2S/c1-7-10(11(16)17-2)15-12(18-7)14-9-5-3-4-8(13)6-9/h3-6H,1-2H3,(H,14,15). The van der Waals surface area contributed by atoms with E-state index >= 15 is 0 Å². The molecule has 6 heteroatoms. The van der Waals surface area contributed by atoms with Gasteiger partial charge in [-0.05, 0) is 25.1 Å². The van der Waals surface area contributed by atoms with Crippen molar-refractivity contribution < 1.29 is 9.53 Å². The summed E-state index contributed by atoms with van der Waals surface area (Å²) >= 11 is 7.28. The Labute approximate surface area is 114 Å². The minimum absolute atomic E-state index is 0.340. The minimum Gasteiger partial charge on any atom is -0.464 e. The van der Waals surface area contributed by atoms with E-state index in [0.717, 1.165) is 10.6 Å². The molecule has 94 valence electrons. The van der Waals surface area contributed by atoms with Crippen LogP contribution >= 0.6 is 22.9 Å². The van der Waals surface area contributed by atoms with Gasteiger partial charge in [0.2, 0.25) is 0 Å². The summed E-state index contributed by atoms with van der Waals surface area (Å²) in [7, 11) is 1.34. The predicted octanol–water partition coefficient (Wildman–Crippen LogP) is 3.64. The summed E-state index contributed by atoms with van der Waals surface area (Å²) in [5, 5.41) is 4.37. The fourth-order valence-electron chi connectivity index (χ4n) is 1.43. The van der Waals surface area contributed by atoms with Gasteiger partial charge in [0.25, 0.3) is 0 Å². The first-order valence-electron chi connectivity index (χ1n) is 5.18. The van der Waals surface area contributed by atoms with E-state index in [4.69, 9.17) is 11.6 Å². The van der Waals surface area contributed by atoms with E-state index in [9.17, 15) is 4.79 Å². The van der Waals surface area contributed by atoms with Gasteiger partial charge in [0, 0.05) is 15.6 Å². The van der Waals surface area contributed by atoms with Crippen molar-refractivity contribution in [1.82, 2.24) is 4.98 Å². The zero-order chi connectivity index (χ0) is 13.1. The molecule has 0 amide bonds. The van der Waals surface area contributed by atoms with E-state index in [1.807, 2.05) is 19.1 Å². The van der Waals surface area contributed by atoms with Gasteiger partial charge >= 0.3 is 5.97 Å². The molecule has 2 aromatic rings. The Bertz CT molecular complexity index is 583. The van der Waals surface area contributed by atoms with Crippen molar-refractivity contribution in [3.05, 3.63) is 39.9 Å². The number of carbonyl (C=O) groups is 1. The van der Waals surface area contributed by atoms with E-state index in [-0.39, 0.29) is 0 Å². The molecule has 2 rings (SSSR count). The number of thiazole rings is 1. The first-order chi connectivity index (χ1) is 8.60. The van der Waals surface area contributed by atoms with Crippen LogP contribution in [0.1, 0.15) is 15.4 Å². The molecular weight excluding hydrogens is 272 g/mol. The SMILES string of the molecule is COC(=O)c1nc(Nc2cccc(Cl)c2)sc1C. The number of ether oxygens (including phenoxy) is 1. The van der Waals surface area contributed by atoms with Gasteiger partial charge in [-0.2, -0.15) is 0 Å². The number of aromatic nitrogens is 1. The van der Waals surface area contributed by atoms with Crippen molar-refractivity contribution in [2.75, 3.05) is 12.4 Å². The summed E-state index contributed by atoms with van der Waals surface area (Å²) in [6, 6.07) is 7.29. The van der Waals surface area contributed by atoms with Crippen molar-refractivity contribution in [1.29, 1.82) is 0 Å². The molecule has 0 aliphatic heterocycles. The summed E-state index contributed by atoms with van der Waals surface area (Å²) in [6.07, 6.45) is 0. The molecule has 18 heavy (non-hydrogen) atoms. The third kappa shape index (κ3) is 2.80. The second-order valence-corrected chi connectivity index (χ2v) is 5.19. The molecule has 1 aromatic heterocycles. The Balaban J connectivity index is 2.23. The molecule has 0 radical (unpaired) electrons. The lowest BCUT2D eigenvalue weighted by Gasteiger charge is -2.01. The molecule has 0 unspecified atom stereocenters. The second kappa shape index (κ2) is 5.37. The van der Waals surface area contributed by atoms with Gasteiger partial charge < -0.3 is 10.1 Å². The second-order valence-electron chi connectivity index (χ2n) is 3.55. The number of esters is 1. The third-order valence-electron chi connectivity index (χ3n) is 2.25. The number of halogens is 1. The summed E-state index contributed by atoms with van der Waals surface area (Å²) < 4.78 is 4.66. The first-order valence-corrected chi connectivity index (χ1v) is 6.38. The summed E-state index contributed by atoms with van der Waals surface area (Å²) in [4.78, 5) is 16.4. The van der Waals surface area contributed by atoms with E-state index < -0.39 is 5.97 Å². The van der Waals surface area contributed by atoms with E-state index in [1.54, 1.807) is 12.1 Å². The van der Waals surface area contributed by atoms with Gasteiger partial charge in [0.1, 0.15) is 0 Å². The molecule has 0 fully saturated rings. The first kappa shape index (κ1) is 12.9. The fourth-order valence-corrected chi connectivity index (χ4v) is 2.44. The zero-order valence-electron chi connectivity index (χ0n) is 9.86. The Morgan fingerprint density at radius 1 is 1.50 bits per heavy atom. The summed E-state index contributed by atoms with van der Waals surface area (Å²) in [5.41, 5.74) is 1.17. The normalized spacial score (nSPS) is 10.2. The highest BCUT2D eigenvalue weighted by Gasteiger charge is 2.15. The summed E-state index contributed by atoms with van der Waals surface area (Å²) in [6.45, 7) is 1.83. The van der Waals surface area contributed by atoms with E-state index in [0.29, 0.717) is 15.8 Å². The van der Waals surface area contributed by atoms with Crippen LogP contribution in [-0.2, 0) is 4.74 Å². The zero-order valence-corrected chi connectivity index (χ0v) is 11.4. The topological polar surface area (TPSA) is 51.2 Å². The van der Waals surface area contributed by atoms with Gasteiger partial charge in [0.15, 0.2) is 10.8 Å². The highest BCUT2D eigenvalue weighted by atomic mass is 35.5. The highest BCUT2D eigenvalue weighted by Crippen LogP contribution is 2.26. The van der Waals surface area contributed by atoms with Crippen molar-refractivity contribution in [2.24, 2.45) is 0 Å². The van der Waals surface area contributed by atoms with E-state index in [1.165, 1.54) is 18.4 Å². The molecule has 0 aliphatic carbocycles. The molecule has 0 atom stereocenters. The number of methoxy groups -OCH3 is 1. The number of nitrogens with zero attached hydrogens (tertiary/aromatic N) is 1. The van der Waals surface area contributed by atoms with Crippen LogP contribution in [0.2, 0.25) is 5.02 Å². The third-order valence-corrected chi connectivity index (χ3v) is 3.37. The molecule has 4 nitrogen and oxygen atoms in total. The van der Waals surface area contributed by atoms with Crippen LogP contribution in [0.15, 0.2) is 24.3 Å². The Morgan fingerprint density at radius 3 is 2.94 bits per heavy atom. The summed E-state index contributed by atoms with van der Waals surface area (Å²) in [5.74, 6) is -0.428. The fraction of sp³-hybridized carbons (Fsp3) is 0.167. The molecule has 0 bridgehead atoms. The maximum atomic E-state index is 11.4.